The molecule has 22 heteroatoms. The molecule has 0 saturated carbocycles. The van der Waals surface area contributed by atoms with Crippen LogP contribution < -0.4 is 120 Å². The number of hydrogen-bond acceptors (Lipinski definition) is 0. The summed E-state index contributed by atoms with van der Waals surface area (Å²) >= 11 is 0. The lowest BCUT2D eigenvalue weighted by molar-refractivity contribution is 1.85. The first kappa shape index (κ1) is 41.8. The lowest BCUT2D eigenvalue weighted by Crippen LogP contribution is -2.50. The molecule has 44 radical (unpaired) electrons. The molecule has 0 spiro atoms. The normalized spacial score (nSPS) is 12.1. The van der Waals surface area contributed by atoms with Crippen molar-refractivity contribution < 1.29 is 0 Å². The van der Waals surface area contributed by atoms with Crippen LogP contribution in [0.1, 0.15) is 0 Å². The first-order valence-corrected chi connectivity index (χ1v) is 17.9. The lowest BCUT2D eigenvalue weighted by Gasteiger charge is -2.33. The second-order valence-corrected chi connectivity index (χ2v) is 15.1. The van der Waals surface area contributed by atoms with Crippen LogP contribution in [0.2, 0.25) is 0 Å². The zero-order chi connectivity index (χ0) is 43.9. The van der Waals surface area contributed by atoms with Gasteiger partial charge in [-0.1, -0.05) is 109 Å². The van der Waals surface area contributed by atoms with E-state index in [1.165, 1.54) is 0 Å². The van der Waals surface area contributed by atoms with E-state index in [9.17, 15) is 0 Å². The van der Waals surface area contributed by atoms with Crippen molar-refractivity contribution in [3.8, 4) is 22.3 Å². The van der Waals surface area contributed by atoms with E-state index >= 15 is 0 Å². The highest BCUT2D eigenvalue weighted by Gasteiger charge is 2.29. The molecule has 0 unspecified atom stereocenters. The minimum absolute atomic E-state index is 0.00944. The highest BCUT2D eigenvalue weighted by Crippen LogP contribution is 2.35. The molecule has 0 N–H and O–H groups in total. The van der Waals surface area contributed by atoms with Gasteiger partial charge in [0.05, 0.1) is 0 Å². The highest BCUT2D eigenvalue weighted by molar-refractivity contribution is 6.78. The second-order valence-electron chi connectivity index (χ2n) is 15.1. The molecule has 0 saturated heterocycles. The van der Waals surface area contributed by atoms with Crippen LogP contribution >= 0.6 is 0 Å². The molecule has 0 aliphatic rings. The van der Waals surface area contributed by atoms with Crippen molar-refractivity contribution in [2.24, 2.45) is 0 Å². The molecule has 218 valence electrons. The van der Waals surface area contributed by atoms with E-state index in [4.69, 9.17) is 173 Å². The Bertz CT molecular complexity index is 3240. The molecule has 0 bridgehead atoms. The van der Waals surface area contributed by atoms with Crippen molar-refractivity contribution in [1.29, 1.82) is 0 Å². The van der Waals surface area contributed by atoms with Gasteiger partial charge in [0.25, 0.3) is 0 Å². The molecular formula is C38B22. The van der Waals surface area contributed by atoms with Crippen LogP contribution in [0.5, 0.6) is 0 Å². The van der Waals surface area contributed by atoms with Gasteiger partial charge in [-0.15, -0.1) is 10.9 Å². The van der Waals surface area contributed by atoms with Crippen molar-refractivity contribution in [2.45, 2.75) is 0 Å². The topological polar surface area (TPSA) is 0 Å². The van der Waals surface area contributed by atoms with Crippen molar-refractivity contribution in [3.63, 3.8) is 0 Å². The molecule has 9 aromatic carbocycles. The third kappa shape index (κ3) is 4.79. The Morgan fingerprint density at radius 2 is 0.233 bits per heavy atom. The number of hydrogen-bond donors (Lipinski definition) is 0. The maximum atomic E-state index is 7.03. The van der Waals surface area contributed by atoms with Crippen LogP contribution in [0, 0.1) is 0 Å². The average Bonchev–Trinajstić information content (AvgIpc) is 3.20. The predicted octanol–water partition coefficient (Wildman–Crippen LogP) is -15.7. The molecule has 0 amide bonds. The van der Waals surface area contributed by atoms with Crippen LogP contribution in [-0.2, 0) is 0 Å². The lowest BCUT2D eigenvalue weighted by atomic mass is 9.55. The van der Waals surface area contributed by atoms with Crippen molar-refractivity contribution in [3.05, 3.63) is 0 Å². The Labute approximate surface area is 377 Å². The average molecular weight is 694 g/mol. The summed E-state index contributed by atoms with van der Waals surface area (Å²) in [4.78, 5) is 0. The summed E-state index contributed by atoms with van der Waals surface area (Å²) < 4.78 is 0. The largest absolute Gasteiger partial charge is 0.113 e. The fourth-order valence-electron chi connectivity index (χ4n) is 9.38. The van der Waals surface area contributed by atoms with Gasteiger partial charge in [0, 0.05) is 0 Å². The SMILES string of the molecule is [B]c1c([B])c(-c2c([B])c([B])c3c([B])c([B])c4c([B])c([B])c([B])c5c([B])c([B])c2c3c45)c([B])c([B])c1-c1c([B])c([B])c2c([B])c([B])c3c([B])c([B])c([B])c4c([B])c([B])c1c2c34. The number of benzene rings is 9. The zero-order valence-corrected chi connectivity index (χ0v) is 31.7. The molecule has 0 fully saturated rings. The van der Waals surface area contributed by atoms with Gasteiger partial charge in [-0.2, -0.15) is 0 Å². The standard InChI is InChI=1S/C38B22/c39-17-5-1-3-11(23(17)45)33(55)37(59)35(57)13(3)27(49)25(47)9(1)21(43)19(41)7(5)15-29(51)31(53)16(32(54)30(15)52)8-6-2-4-12(24(46)18(6)40)34(56)38(60)36(58)14(4)28(50)26(48)10(2)22(44)20(8)42. The smallest absolute Gasteiger partial charge is 0.109 e. The summed E-state index contributed by atoms with van der Waals surface area (Å²) in [5, 5.41) is 3.31. The number of rotatable bonds is 2. The zero-order valence-electron chi connectivity index (χ0n) is 31.7. The van der Waals surface area contributed by atoms with E-state index in [1.54, 1.807) is 0 Å². The van der Waals surface area contributed by atoms with Crippen LogP contribution in [0.25, 0.3) is 86.9 Å². The van der Waals surface area contributed by atoms with Crippen LogP contribution in [0.3, 0.4) is 0 Å². The van der Waals surface area contributed by atoms with E-state index < -0.39 is 0 Å². The molecule has 9 aromatic rings. The Balaban J connectivity index is 1.49. The fourth-order valence-corrected chi connectivity index (χ4v) is 9.38. The highest BCUT2D eigenvalue weighted by atomic mass is 14.3. The van der Waals surface area contributed by atoms with Crippen molar-refractivity contribution in [2.75, 3.05) is 0 Å². The first-order chi connectivity index (χ1) is 28.0. The van der Waals surface area contributed by atoms with Gasteiger partial charge in [-0.25, -0.2) is 0 Å². The Hall–Kier alpha value is -3.51. The third-order valence-electron chi connectivity index (χ3n) is 12.4. The van der Waals surface area contributed by atoms with Gasteiger partial charge in [0.15, 0.2) is 0 Å². The minimum Gasteiger partial charge on any atom is -0.109 e. The van der Waals surface area contributed by atoms with Gasteiger partial charge in [-0.05, 0) is 86.9 Å². The predicted molar refractivity (Wildman–Crippen MR) is 283 cm³/mol. The summed E-state index contributed by atoms with van der Waals surface area (Å²) in [5.74, 6) is 0. The fraction of sp³-hybridized carbons (Fsp3) is 0. The Morgan fingerprint density at radius 1 is 0.100 bits per heavy atom. The molecule has 0 aliphatic carbocycles. The Morgan fingerprint density at radius 3 is 0.450 bits per heavy atom. The maximum absolute atomic E-state index is 7.03. The molecule has 0 aromatic heterocycles. The van der Waals surface area contributed by atoms with Crippen LogP contribution in [0.4, 0.5) is 0 Å². The van der Waals surface area contributed by atoms with E-state index in [-0.39, 0.29) is 186 Å². The van der Waals surface area contributed by atoms with E-state index in [0.717, 1.165) is 0 Å². The molecule has 60 heavy (non-hydrogen) atoms. The van der Waals surface area contributed by atoms with Gasteiger partial charge in [0.2, 0.25) is 0 Å². The van der Waals surface area contributed by atoms with Gasteiger partial charge in [-0.3, -0.25) is 0 Å². The summed E-state index contributed by atoms with van der Waals surface area (Å²) in [6.45, 7) is 0. The molecule has 0 aliphatic heterocycles. The molecule has 0 atom stereocenters. The van der Waals surface area contributed by atoms with Crippen LogP contribution in [0.15, 0.2) is 0 Å². The first-order valence-electron chi connectivity index (χ1n) is 17.9. The van der Waals surface area contributed by atoms with E-state index in [2.05, 4.69) is 0 Å². The van der Waals surface area contributed by atoms with E-state index in [0.29, 0.717) is 21.5 Å². The van der Waals surface area contributed by atoms with Gasteiger partial charge >= 0.3 is 0 Å². The molecule has 9 rings (SSSR count). The summed E-state index contributed by atoms with van der Waals surface area (Å²) in [6, 6.07) is 0. The summed E-state index contributed by atoms with van der Waals surface area (Å²) in [7, 11) is 148. The van der Waals surface area contributed by atoms with Crippen molar-refractivity contribution >= 4 is 357 Å². The maximum Gasteiger partial charge on any atom is 0.113 e. The quantitative estimate of drug-likeness (QED) is 0.125. The molecular weight excluding hydrogens is 694 g/mol. The van der Waals surface area contributed by atoms with Crippen LogP contribution in [-0.4, -0.2) is 173 Å². The monoisotopic (exact) mass is 698 g/mol. The molecule has 0 heterocycles. The van der Waals surface area contributed by atoms with Gasteiger partial charge < -0.3 is 0 Å². The summed E-state index contributed by atoms with van der Waals surface area (Å²) in [6.07, 6.45) is 0. The van der Waals surface area contributed by atoms with Crippen molar-refractivity contribution in [1.82, 2.24) is 0 Å². The molecule has 0 nitrogen and oxygen atoms in total. The summed E-state index contributed by atoms with van der Waals surface area (Å²) in [5.41, 5.74) is -0.114. The third-order valence-corrected chi connectivity index (χ3v) is 12.4. The van der Waals surface area contributed by atoms with E-state index in [1.807, 2.05) is 0 Å². The Kier molecular flexibility index (Phi) is 9.41. The van der Waals surface area contributed by atoms with Gasteiger partial charge in [0.1, 0.15) is 173 Å². The minimum atomic E-state index is -0.146. The second kappa shape index (κ2) is 13.5.